The van der Waals surface area contributed by atoms with Crippen LogP contribution in [0.25, 0.3) is 10.8 Å². The third-order valence-electron chi connectivity index (χ3n) is 6.90. The number of halogens is 1. The molecule has 2 amide bonds. The van der Waals surface area contributed by atoms with Gasteiger partial charge < -0.3 is 10.6 Å². The fourth-order valence-electron chi connectivity index (χ4n) is 5.43. The Kier molecular flexibility index (Phi) is 7.31. The summed E-state index contributed by atoms with van der Waals surface area (Å²) in [6.45, 7) is 4.33. The Hall–Kier alpha value is -2.49. The summed E-state index contributed by atoms with van der Waals surface area (Å²) in [5.74, 6) is 1.06. The van der Waals surface area contributed by atoms with Crippen LogP contribution in [0.3, 0.4) is 0 Å². The van der Waals surface area contributed by atoms with E-state index in [0.29, 0.717) is 32.0 Å². The van der Waals surface area contributed by atoms with Crippen molar-refractivity contribution in [3.63, 3.8) is 0 Å². The summed E-state index contributed by atoms with van der Waals surface area (Å²) in [7, 11) is 0. The molecule has 7 nitrogen and oxygen atoms in total. The molecule has 4 atom stereocenters. The Balaban J connectivity index is 0.00000259. The van der Waals surface area contributed by atoms with Crippen molar-refractivity contribution >= 4 is 52.5 Å². The maximum Gasteiger partial charge on any atom is 0.233 e. The van der Waals surface area contributed by atoms with Crippen LogP contribution < -0.4 is 10.6 Å². The lowest BCUT2D eigenvalue weighted by Crippen LogP contribution is -2.40. The number of hydrogen-bond acceptors (Lipinski definition) is 4. The van der Waals surface area contributed by atoms with Gasteiger partial charge in [-0.2, -0.15) is 0 Å². The first-order valence-electron chi connectivity index (χ1n) is 11.6. The summed E-state index contributed by atoms with van der Waals surface area (Å²) < 4.78 is 0. The van der Waals surface area contributed by atoms with Crippen molar-refractivity contribution in [3.05, 3.63) is 54.4 Å². The number of pyridine rings is 1. The second-order valence-corrected chi connectivity index (χ2v) is 8.78. The number of guanidine groups is 1. The minimum atomic E-state index is -0.113. The van der Waals surface area contributed by atoms with Crippen molar-refractivity contribution in [2.45, 2.75) is 26.3 Å². The van der Waals surface area contributed by atoms with E-state index in [2.05, 4.69) is 44.9 Å². The number of amides is 2. The molecule has 1 saturated carbocycles. The Bertz CT molecular complexity index is 1070. The van der Waals surface area contributed by atoms with Crippen LogP contribution in [0.2, 0.25) is 0 Å². The Labute approximate surface area is 211 Å². The number of carbonyl (C=O) groups is 2. The lowest BCUT2D eigenvalue weighted by atomic mass is 9.85. The van der Waals surface area contributed by atoms with E-state index in [9.17, 15) is 9.59 Å². The van der Waals surface area contributed by atoms with Crippen LogP contribution >= 0.6 is 24.0 Å². The number of hydrogen-bond donors (Lipinski definition) is 2. The number of allylic oxidation sites excluding steroid dienone is 2. The average Bonchev–Trinajstić information content (AvgIpc) is 3.49. The van der Waals surface area contributed by atoms with Crippen molar-refractivity contribution in [1.29, 1.82) is 0 Å². The lowest BCUT2D eigenvalue weighted by molar-refractivity contribution is -0.140. The summed E-state index contributed by atoms with van der Waals surface area (Å²) in [6.07, 6.45) is 7.74. The molecule has 1 aromatic heterocycles. The fourth-order valence-corrected chi connectivity index (χ4v) is 5.43. The topological polar surface area (TPSA) is 86.7 Å². The number of aliphatic imine (C=N–C) groups is 1. The molecule has 0 radical (unpaired) electrons. The zero-order chi connectivity index (χ0) is 22.1. The van der Waals surface area contributed by atoms with Gasteiger partial charge in [0.15, 0.2) is 5.96 Å². The molecule has 1 aliphatic heterocycles. The molecular weight excluding hydrogens is 529 g/mol. The Morgan fingerprint density at radius 1 is 1.09 bits per heavy atom. The number of fused-ring (bicyclic) bond motifs is 6. The molecule has 2 aliphatic carbocycles. The molecule has 8 heteroatoms. The van der Waals surface area contributed by atoms with Gasteiger partial charge in [0, 0.05) is 31.2 Å². The van der Waals surface area contributed by atoms with Crippen LogP contribution in [0.15, 0.2) is 53.7 Å². The van der Waals surface area contributed by atoms with E-state index in [1.807, 2.05) is 31.3 Å². The second kappa shape index (κ2) is 10.2. The van der Waals surface area contributed by atoms with E-state index in [0.717, 1.165) is 29.4 Å². The van der Waals surface area contributed by atoms with Crippen molar-refractivity contribution in [2.75, 3.05) is 19.6 Å². The van der Waals surface area contributed by atoms with E-state index in [4.69, 9.17) is 0 Å². The highest BCUT2D eigenvalue weighted by Crippen LogP contribution is 2.52. The lowest BCUT2D eigenvalue weighted by Gasteiger charge is -2.18. The number of nitrogens with one attached hydrogen (secondary N) is 2. The number of rotatable bonds is 7. The normalized spacial score (nSPS) is 25.5. The van der Waals surface area contributed by atoms with E-state index in [-0.39, 0.29) is 59.5 Å². The van der Waals surface area contributed by atoms with Gasteiger partial charge in [-0.3, -0.25) is 19.5 Å². The molecule has 2 fully saturated rings. The van der Waals surface area contributed by atoms with Gasteiger partial charge in [0.2, 0.25) is 11.8 Å². The molecule has 3 aliphatic rings. The number of aromatic nitrogens is 1. The highest BCUT2D eigenvalue weighted by atomic mass is 127. The highest BCUT2D eigenvalue weighted by molar-refractivity contribution is 14.0. The van der Waals surface area contributed by atoms with Gasteiger partial charge in [-0.1, -0.05) is 36.4 Å². The third kappa shape index (κ3) is 4.49. The molecule has 1 saturated heterocycles. The van der Waals surface area contributed by atoms with Gasteiger partial charge in [-0.15, -0.1) is 24.0 Å². The summed E-state index contributed by atoms with van der Waals surface area (Å²) in [4.78, 5) is 36.3. The predicted molar refractivity (Wildman–Crippen MR) is 139 cm³/mol. The average molecular weight is 559 g/mol. The fraction of sp³-hybridized carbons (Fsp3) is 0.440. The quantitative estimate of drug-likeness (QED) is 0.136. The van der Waals surface area contributed by atoms with Gasteiger partial charge in [0.05, 0.1) is 24.1 Å². The Morgan fingerprint density at radius 3 is 2.55 bits per heavy atom. The van der Waals surface area contributed by atoms with Crippen molar-refractivity contribution in [2.24, 2.45) is 28.7 Å². The minimum absolute atomic E-state index is 0. The maximum absolute atomic E-state index is 12.8. The van der Waals surface area contributed by atoms with Gasteiger partial charge in [0.25, 0.3) is 0 Å². The third-order valence-corrected chi connectivity index (χ3v) is 6.90. The molecule has 0 spiro atoms. The zero-order valence-corrected chi connectivity index (χ0v) is 21.1. The highest BCUT2D eigenvalue weighted by Gasteiger charge is 2.58. The zero-order valence-electron chi connectivity index (χ0n) is 18.7. The van der Waals surface area contributed by atoms with Gasteiger partial charge >= 0.3 is 0 Å². The number of likely N-dealkylation sites (tertiary alicyclic amines) is 1. The predicted octanol–water partition coefficient (Wildman–Crippen LogP) is 3.11. The van der Waals surface area contributed by atoms with Crippen LogP contribution in [0, 0.1) is 23.7 Å². The molecule has 5 rings (SSSR count). The van der Waals surface area contributed by atoms with Crippen LogP contribution in [-0.4, -0.2) is 47.3 Å². The van der Waals surface area contributed by atoms with Crippen LogP contribution in [0.4, 0.5) is 0 Å². The van der Waals surface area contributed by atoms with Gasteiger partial charge in [-0.05, 0) is 43.1 Å². The molecule has 1 aromatic carbocycles. The molecular formula is C25H30IN5O2. The Morgan fingerprint density at radius 2 is 1.82 bits per heavy atom. The number of nitrogens with zero attached hydrogens (tertiary/aromatic N) is 3. The summed E-state index contributed by atoms with van der Waals surface area (Å²) >= 11 is 0. The SMILES string of the molecule is CCNC(=NCc1nccc2ccccc12)NCCCN1C(=O)C2C3C=CC(C3)C2C1=O.I. The minimum Gasteiger partial charge on any atom is -0.357 e. The molecule has 2 aromatic rings. The van der Waals surface area contributed by atoms with Crippen molar-refractivity contribution in [1.82, 2.24) is 20.5 Å². The summed E-state index contributed by atoms with van der Waals surface area (Å²) in [5, 5.41) is 8.83. The van der Waals surface area contributed by atoms with Crippen molar-refractivity contribution in [3.8, 4) is 0 Å². The van der Waals surface area contributed by atoms with E-state index in [1.165, 1.54) is 4.90 Å². The standard InChI is InChI=1S/C25H29N5O2.HI/c1-2-26-25(29-15-20-19-7-4-3-6-16(19)10-12-27-20)28-11-5-13-30-23(31)21-17-8-9-18(14-17)22(21)24(30)32;/h3-4,6-10,12,17-18,21-22H,2,5,11,13-15H2,1H3,(H2,26,28,29);1H. The molecule has 2 N–H and O–H groups in total. The summed E-state index contributed by atoms with van der Waals surface area (Å²) in [6, 6.07) is 10.2. The second-order valence-electron chi connectivity index (χ2n) is 8.78. The molecule has 33 heavy (non-hydrogen) atoms. The van der Waals surface area contributed by atoms with Crippen LogP contribution in [0.1, 0.15) is 25.5 Å². The molecule has 174 valence electrons. The summed E-state index contributed by atoms with van der Waals surface area (Å²) in [5.41, 5.74) is 0.934. The number of benzene rings is 1. The van der Waals surface area contributed by atoms with Gasteiger partial charge in [-0.25, -0.2) is 4.99 Å². The first kappa shape index (κ1) is 23.7. The largest absolute Gasteiger partial charge is 0.357 e. The maximum atomic E-state index is 12.8. The molecule has 2 bridgehead atoms. The smallest absolute Gasteiger partial charge is 0.233 e. The first-order chi connectivity index (χ1) is 15.7. The molecule has 4 unspecified atom stereocenters. The monoisotopic (exact) mass is 559 g/mol. The van der Waals surface area contributed by atoms with E-state index < -0.39 is 0 Å². The van der Waals surface area contributed by atoms with Crippen LogP contribution in [0.5, 0.6) is 0 Å². The number of imide groups is 1. The van der Waals surface area contributed by atoms with Crippen LogP contribution in [-0.2, 0) is 16.1 Å². The van der Waals surface area contributed by atoms with E-state index >= 15 is 0 Å². The van der Waals surface area contributed by atoms with Gasteiger partial charge in [0.1, 0.15) is 0 Å². The van der Waals surface area contributed by atoms with Crippen molar-refractivity contribution < 1.29 is 9.59 Å². The first-order valence-corrected chi connectivity index (χ1v) is 11.6. The van der Waals surface area contributed by atoms with E-state index in [1.54, 1.807) is 0 Å². The molecule has 2 heterocycles. The number of carbonyl (C=O) groups excluding carboxylic acids is 2.